The number of carbonyl (C=O) groups excluding carboxylic acids is 1. The van der Waals surface area contributed by atoms with Crippen LogP contribution < -0.4 is 5.32 Å². The van der Waals surface area contributed by atoms with Crippen molar-refractivity contribution in [3.63, 3.8) is 0 Å². The van der Waals surface area contributed by atoms with Crippen LogP contribution in [0.1, 0.15) is 32.3 Å². The second-order valence-electron chi connectivity index (χ2n) is 6.66. The zero-order chi connectivity index (χ0) is 20.1. The molecule has 1 N–H and O–H groups in total. The van der Waals surface area contributed by atoms with E-state index in [0.717, 1.165) is 0 Å². The highest BCUT2D eigenvalue weighted by atomic mass is 79.9. The maximum atomic E-state index is 13.6. The molecule has 1 unspecified atom stereocenters. The first-order valence-electron chi connectivity index (χ1n) is 8.49. The summed E-state index contributed by atoms with van der Waals surface area (Å²) in [6, 6.07) is 4.21. The van der Waals surface area contributed by atoms with Crippen molar-refractivity contribution in [3.8, 4) is 0 Å². The Labute approximate surface area is 167 Å². The Morgan fingerprint density at radius 1 is 1.44 bits per heavy atom. The largest absolute Gasteiger partial charge is 0.462 e. The van der Waals surface area contributed by atoms with E-state index in [1.807, 2.05) is 13.8 Å². The summed E-state index contributed by atoms with van der Waals surface area (Å²) in [5, 5.41) is 3.10. The minimum absolute atomic E-state index is 0.157. The number of ether oxygens (including phenoxy) is 2. The molecule has 1 aliphatic heterocycles. The van der Waals surface area contributed by atoms with E-state index < -0.39 is 17.7 Å². The van der Waals surface area contributed by atoms with Crippen LogP contribution in [0.3, 0.4) is 0 Å². The molecule has 144 valence electrons. The van der Waals surface area contributed by atoms with Crippen molar-refractivity contribution in [2.75, 3.05) is 20.3 Å². The maximum absolute atomic E-state index is 13.6. The third-order valence-electron chi connectivity index (χ3n) is 4.06. The average molecular weight is 437 g/mol. The molecule has 0 aliphatic carbocycles. The highest BCUT2D eigenvalue weighted by molar-refractivity contribution is 9.10. The second-order valence-corrected chi connectivity index (χ2v) is 7.52. The van der Waals surface area contributed by atoms with Crippen molar-refractivity contribution in [2.24, 2.45) is 5.92 Å². The fourth-order valence-corrected chi connectivity index (χ4v) is 3.47. The van der Waals surface area contributed by atoms with Gasteiger partial charge in [0.2, 0.25) is 0 Å². The van der Waals surface area contributed by atoms with Crippen LogP contribution in [-0.2, 0) is 14.3 Å². The standard InChI is InChI=1S/C20H22BrFN2O3/c1-11(2)9-27-20(25)18-16(10-26-5)24-12(3)19(23-4)17(18)14-7-6-13(22)8-15(14)21/h6-8,11,17,24H,9-10H2,1-3,5H3. The van der Waals surface area contributed by atoms with Crippen molar-refractivity contribution in [1.29, 1.82) is 0 Å². The number of benzene rings is 1. The van der Waals surface area contributed by atoms with Gasteiger partial charge in [-0.15, -0.1) is 0 Å². The molecule has 1 heterocycles. The number of nitrogens with one attached hydrogen (secondary N) is 1. The summed E-state index contributed by atoms with van der Waals surface area (Å²) in [5.41, 5.74) is 2.45. The summed E-state index contributed by atoms with van der Waals surface area (Å²) in [6.45, 7) is 13.7. The Morgan fingerprint density at radius 3 is 2.70 bits per heavy atom. The van der Waals surface area contributed by atoms with Gasteiger partial charge in [0, 0.05) is 17.3 Å². The topological polar surface area (TPSA) is 51.9 Å². The molecule has 0 aromatic heterocycles. The molecule has 0 saturated heterocycles. The van der Waals surface area contributed by atoms with Crippen LogP contribution in [0.2, 0.25) is 0 Å². The molecule has 1 aliphatic rings. The molecule has 0 spiro atoms. The smallest absolute Gasteiger partial charge is 0.335 e. The summed E-state index contributed by atoms with van der Waals surface area (Å²) in [6.07, 6.45) is 0. The number of dihydropyridines is 1. The Morgan fingerprint density at radius 2 is 2.15 bits per heavy atom. The SMILES string of the molecule is [C-]#[N+]C1=C(C)NC(COC)=C(C(=O)OCC(C)C)C1c1ccc(F)cc1Br. The predicted molar refractivity (Wildman–Crippen MR) is 104 cm³/mol. The molecule has 5 nitrogen and oxygen atoms in total. The Hall–Kier alpha value is -2.17. The first-order valence-corrected chi connectivity index (χ1v) is 9.28. The molecule has 0 amide bonds. The lowest BCUT2D eigenvalue weighted by atomic mass is 9.84. The summed E-state index contributed by atoms with van der Waals surface area (Å²) in [4.78, 5) is 16.6. The minimum atomic E-state index is -0.677. The molecule has 27 heavy (non-hydrogen) atoms. The Balaban J connectivity index is 2.63. The fraction of sp³-hybridized carbons (Fsp3) is 0.400. The first-order chi connectivity index (χ1) is 12.8. The molecule has 1 aromatic rings. The second kappa shape index (κ2) is 9.16. The Bertz CT molecular complexity index is 840. The maximum Gasteiger partial charge on any atom is 0.335 e. The number of nitrogens with zero attached hydrogens (tertiary/aromatic N) is 1. The van der Waals surface area contributed by atoms with Gasteiger partial charge in [-0.2, -0.15) is 0 Å². The zero-order valence-corrected chi connectivity index (χ0v) is 17.3. The van der Waals surface area contributed by atoms with E-state index in [-0.39, 0.29) is 19.1 Å². The third-order valence-corrected chi connectivity index (χ3v) is 4.75. The normalized spacial score (nSPS) is 17.0. The quantitative estimate of drug-likeness (QED) is 0.525. The number of esters is 1. The highest BCUT2D eigenvalue weighted by Crippen LogP contribution is 2.42. The molecule has 7 heteroatoms. The number of methoxy groups -OCH3 is 1. The number of rotatable bonds is 6. The van der Waals surface area contributed by atoms with Crippen molar-refractivity contribution < 1.29 is 18.7 Å². The molecule has 0 bridgehead atoms. The molecule has 0 saturated carbocycles. The Kier molecular flexibility index (Phi) is 7.17. The molecular formula is C20H22BrFN2O3. The van der Waals surface area contributed by atoms with Gasteiger partial charge in [-0.05, 0) is 30.5 Å². The van der Waals surface area contributed by atoms with E-state index >= 15 is 0 Å². The molecule has 2 rings (SSSR count). The molecular weight excluding hydrogens is 415 g/mol. The van der Waals surface area contributed by atoms with Crippen molar-refractivity contribution in [3.05, 3.63) is 68.1 Å². The van der Waals surface area contributed by atoms with Crippen LogP contribution >= 0.6 is 15.9 Å². The van der Waals surface area contributed by atoms with Gasteiger partial charge in [-0.3, -0.25) is 0 Å². The van der Waals surface area contributed by atoms with Gasteiger partial charge in [0.25, 0.3) is 0 Å². The number of hydrogen-bond acceptors (Lipinski definition) is 4. The van der Waals surface area contributed by atoms with E-state index in [9.17, 15) is 9.18 Å². The number of allylic oxidation sites excluding steroid dienone is 2. The average Bonchev–Trinajstić information content (AvgIpc) is 2.59. The van der Waals surface area contributed by atoms with E-state index in [1.54, 1.807) is 13.0 Å². The number of halogens is 2. The molecule has 1 atom stereocenters. The summed E-state index contributed by atoms with van der Waals surface area (Å²) in [5.74, 6) is -1.43. The van der Waals surface area contributed by atoms with Gasteiger partial charge in [0.05, 0.1) is 37.0 Å². The summed E-state index contributed by atoms with van der Waals surface area (Å²) in [7, 11) is 1.53. The van der Waals surface area contributed by atoms with Gasteiger partial charge < -0.3 is 14.8 Å². The number of carbonyl (C=O) groups is 1. The molecule has 0 radical (unpaired) electrons. The van der Waals surface area contributed by atoms with Gasteiger partial charge in [-0.25, -0.2) is 14.0 Å². The van der Waals surface area contributed by atoms with Gasteiger partial charge in [-0.1, -0.05) is 35.8 Å². The van der Waals surface area contributed by atoms with Crippen LogP contribution in [0, 0.1) is 18.3 Å². The van der Waals surface area contributed by atoms with Gasteiger partial charge in [0.15, 0.2) is 5.70 Å². The molecule has 1 aromatic carbocycles. The van der Waals surface area contributed by atoms with Crippen molar-refractivity contribution in [1.82, 2.24) is 5.32 Å². The molecule has 0 fully saturated rings. The lowest BCUT2D eigenvalue weighted by Gasteiger charge is -2.30. The highest BCUT2D eigenvalue weighted by Gasteiger charge is 2.37. The summed E-state index contributed by atoms with van der Waals surface area (Å²) >= 11 is 3.37. The first kappa shape index (κ1) is 21.1. The van der Waals surface area contributed by atoms with Crippen LogP contribution in [0.15, 0.2) is 45.3 Å². The van der Waals surface area contributed by atoms with Crippen LogP contribution in [0.5, 0.6) is 0 Å². The van der Waals surface area contributed by atoms with E-state index in [1.165, 1.54) is 19.2 Å². The van der Waals surface area contributed by atoms with Crippen LogP contribution in [0.4, 0.5) is 4.39 Å². The van der Waals surface area contributed by atoms with Crippen molar-refractivity contribution in [2.45, 2.75) is 26.7 Å². The fourth-order valence-electron chi connectivity index (χ4n) is 2.89. The lowest BCUT2D eigenvalue weighted by Crippen LogP contribution is -2.31. The van der Waals surface area contributed by atoms with Gasteiger partial charge in [0.1, 0.15) is 5.82 Å². The monoisotopic (exact) mass is 436 g/mol. The predicted octanol–water partition coefficient (Wildman–Crippen LogP) is 4.53. The minimum Gasteiger partial charge on any atom is -0.462 e. The van der Waals surface area contributed by atoms with Crippen molar-refractivity contribution >= 4 is 21.9 Å². The van der Waals surface area contributed by atoms with Gasteiger partial charge >= 0.3 is 5.97 Å². The van der Waals surface area contributed by atoms with E-state index in [4.69, 9.17) is 16.0 Å². The van der Waals surface area contributed by atoms with E-state index in [2.05, 4.69) is 26.1 Å². The lowest BCUT2D eigenvalue weighted by molar-refractivity contribution is -0.140. The van der Waals surface area contributed by atoms with E-state index in [0.29, 0.717) is 32.7 Å². The number of hydrogen-bond donors (Lipinski definition) is 1. The van der Waals surface area contributed by atoms with Crippen LogP contribution in [0.25, 0.3) is 4.85 Å². The third kappa shape index (κ3) is 4.76. The zero-order valence-electron chi connectivity index (χ0n) is 15.7. The summed E-state index contributed by atoms with van der Waals surface area (Å²) < 4.78 is 24.8. The van der Waals surface area contributed by atoms with Crippen LogP contribution in [-0.4, -0.2) is 26.3 Å².